The van der Waals surface area contributed by atoms with E-state index in [1.165, 1.54) is 20.1 Å². The number of fused-ring (bicyclic) bond motifs is 1. The summed E-state index contributed by atoms with van der Waals surface area (Å²) in [4.78, 5) is 36.5. The number of methoxy groups -OCH3 is 1. The van der Waals surface area contributed by atoms with E-state index in [1.54, 1.807) is 29.2 Å². The van der Waals surface area contributed by atoms with Crippen molar-refractivity contribution in [3.63, 3.8) is 0 Å². The molecule has 0 aromatic heterocycles. The fourth-order valence-corrected chi connectivity index (χ4v) is 2.90. The van der Waals surface area contributed by atoms with Crippen molar-refractivity contribution in [1.82, 2.24) is 4.90 Å². The van der Waals surface area contributed by atoms with Gasteiger partial charge >= 0.3 is 5.97 Å². The lowest BCUT2D eigenvalue weighted by atomic mass is 9.83. The van der Waals surface area contributed by atoms with E-state index in [2.05, 4.69) is 4.74 Å². The quantitative estimate of drug-likeness (QED) is 0.610. The number of ketones is 1. The number of hydrogen-bond donors (Lipinski definition) is 0. The summed E-state index contributed by atoms with van der Waals surface area (Å²) in [5.74, 6) is 0.0475. The molecular formula is C17H17NO5. The molecule has 2 aliphatic heterocycles. The molecule has 23 heavy (non-hydrogen) atoms. The Morgan fingerprint density at radius 1 is 1.35 bits per heavy atom. The first-order chi connectivity index (χ1) is 10.9. The lowest BCUT2D eigenvalue weighted by Gasteiger charge is -2.50. The second kappa shape index (κ2) is 5.53. The maximum Gasteiger partial charge on any atom is 0.330 e. The van der Waals surface area contributed by atoms with Gasteiger partial charge in [-0.25, -0.2) is 4.79 Å². The summed E-state index contributed by atoms with van der Waals surface area (Å²) < 4.78 is 10.5. The topological polar surface area (TPSA) is 72.9 Å². The van der Waals surface area contributed by atoms with Gasteiger partial charge in [-0.3, -0.25) is 9.59 Å². The minimum absolute atomic E-state index is 0.0113. The van der Waals surface area contributed by atoms with Crippen LogP contribution in [0.4, 0.5) is 0 Å². The van der Waals surface area contributed by atoms with Gasteiger partial charge in [-0.15, -0.1) is 0 Å². The van der Waals surface area contributed by atoms with Crippen LogP contribution in [0.15, 0.2) is 24.3 Å². The van der Waals surface area contributed by atoms with Crippen molar-refractivity contribution in [2.75, 3.05) is 20.2 Å². The summed E-state index contributed by atoms with van der Waals surface area (Å²) in [7, 11) is 1.30. The van der Waals surface area contributed by atoms with Crippen LogP contribution in [0.3, 0.4) is 0 Å². The van der Waals surface area contributed by atoms with Gasteiger partial charge < -0.3 is 14.4 Å². The molecule has 6 nitrogen and oxygen atoms in total. The van der Waals surface area contributed by atoms with Crippen LogP contribution >= 0.6 is 0 Å². The van der Waals surface area contributed by atoms with Crippen LogP contribution < -0.4 is 4.74 Å². The van der Waals surface area contributed by atoms with E-state index in [0.717, 1.165) is 5.56 Å². The zero-order valence-corrected chi connectivity index (χ0v) is 13.0. The van der Waals surface area contributed by atoms with Crippen LogP contribution in [0.1, 0.15) is 29.3 Å². The Kier molecular flexibility index (Phi) is 3.67. The Labute approximate surface area is 133 Å². The van der Waals surface area contributed by atoms with Crippen molar-refractivity contribution < 1.29 is 23.9 Å². The third-order valence-electron chi connectivity index (χ3n) is 4.13. The van der Waals surface area contributed by atoms with Gasteiger partial charge in [0.05, 0.1) is 32.2 Å². The van der Waals surface area contributed by atoms with E-state index in [1.807, 2.05) is 0 Å². The van der Waals surface area contributed by atoms with Gasteiger partial charge in [0.2, 0.25) is 5.91 Å². The van der Waals surface area contributed by atoms with Crippen LogP contribution in [0.2, 0.25) is 0 Å². The van der Waals surface area contributed by atoms with Crippen LogP contribution in [0, 0.1) is 0 Å². The number of esters is 1. The maximum atomic E-state index is 12.4. The minimum atomic E-state index is -0.584. The molecule has 0 bridgehead atoms. The fourth-order valence-electron chi connectivity index (χ4n) is 2.90. The first-order valence-electron chi connectivity index (χ1n) is 7.30. The number of hydrogen-bond acceptors (Lipinski definition) is 5. The summed E-state index contributed by atoms with van der Waals surface area (Å²) >= 11 is 0. The number of benzene rings is 1. The molecule has 2 heterocycles. The molecule has 0 unspecified atom stereocenters. The van der Waals surface area contributed by atoms with Crippen LogP contribution in [-0.2, 0) is 14.3 Å². The molecule has 0 saturated carbocycles. The highest BCUT2D eigenvalue weighted by molar-refractivity contribution is 6.01. The van der Waals surface area contributed by atoms with Crippen LogP contribution in [0.5, 0.6) is 5.75 Å². The van der Waals surface area contributed by atoms with Gasteiger partial charge in [0.15, 0.2) is 11.4 Å². The zero-order valence-electron chi connectivity index (χ0n) is 13.0. The Bertz CT molecular complexity index is 716. The number of amides is 1. The van der Waals surface area contributed by atoms with Gasteiger partial charge in [0.25, 0.3) is 0 Å². The van der Waals surface area contributed by atoms with Crippen molar-refractivity contribution in [2.24, 2.45) is 0 Å². The third-order valence-corrected chi connectivity index (χ3v) is 4.13. The molecule has 3 rings (SSSR count). The molecule has 0 atom stereocenters. The van der Waals surface area contributed by atoms with Crippen LogP contribution in [0.25, 0.3) is 6.08 Å². The first-order valence-corrected chi connectivity index (χ1v) is 7.30. The number of nitrogens with zero attached hydrogens (tertiary/aromatic N) is 1. The maximum absolute atomic E-state index is 12.4. The summed E-state index contributed by atoms with van der Waals surface area (Å²) in [6.45, 7) is 2.39. The number of Topliss-reactive ketones (excluding diaryl/α,β-unsaturated/α-hetero) is 1. The monoisotopic (exact) mass is 315 g/mol. The standard InChI is InChI=1S/C17H17NO5/c1-11(19)18-9-17(10-18)8-14(20)13-7-12(3-5-15(13)23-17)4-6-16(21)22-2/h3-7H,8-10H2,1-2H3/b6-4+. The van der Waals surface area contributed by atoms with Crippen molar-refractivity contribution in [2.45, 2.75) is 18.9 Å². The average Bonchev–Trinajstić information content (AvgIpc) is 2.50. The lowest BCUT2D eigenvalue weighted by Crippen LogP contribution is -2.67. The molecule has 1 amide bonds. The Hall–Kier alpha value is -2.63. The fraction of sp³-hybridized carbons (Fsp3) is 0.353. The normalized spacial score (nSPS) is 18.3. The summed E-state index contributed by atoms with van der Waals surface area (Å²) in [6.07, 6.45) is 3.15. The summed E-state index contributed by atoms with van der Waals surface area (Å²) in [6, 6.07) is 5.19. The highest BCUT2D eigenvalue weighted by atomic mass is 16.5. The second-order valence-electron chi connectivity index (χ2n) is 5.87. The van der Waals surface area contributed by atoms with E-state index in [4.69, 9.17) is 4.74 Å². The van der Waals surface area contributed by atoms with E-state index >= 15 is 0 Å². The third kappa shape index (κ3) is 2.84. The smallest absolute Gasteiger partial charge is 0.330 e. The van der Waals surface area contributed by atoms with E-state index in [9.17, 15) is 14.4 Å². The molecule has 6 heteroatoms. The lowest BCUT2D eigenvalue weighted by molar-refractivity contribution is -0.148. The van der Waals surface area contributed by atoms with Crippen LogP contribution in [-0.4, -0.2) is 48.4 Å². The zero-order chi connectivity index (χ0) is 16.6. The number of likely N-dealkylation sites (tertiary alicyclic amines) is 1. The van der Waals surface area contributed by atoms with Crippen molar-refractivity contribution >= 4 is 23.7 Å². The second-order valence-corrected chi connectivity index (χ2v) is 5.87. The molecule has 1 aromatic carbocycles. The number of carbonyl (C=O) groups excluding carboxylic acids is 3. The van der Waals surface area contributed by atoms with Crippen molar-refractivity contribution in [1.29, 1.82) is 0 Å². The molecule has 1 spiro atoms. The van der Waals surface area contributed by atoms with Gasteiger partial charge in [0, 0.05) is 13.0 Å². The van der Waals surface area contributed by atoms with Gasteiger partial charge in [-0.2, -0.15) is 0 Å². The Morgan fingerprint density at radius 2 is 2.09 bits per heavy atom. The predicted molar refractivity (Wildman–Crippen MR) is 82.1 cm³/mol. The largest absolute Gasteiger partial charge is 0.482 e. The van der Waals surface area contributed by atoms with E-state index in [-0.39, 0.29) is 18.1 Å². The van der Waals surface area contributed by atoms with E-state index in [0.29, 0.717) is 24.4 Å². The molecule has 0 radical (unpaired) electrons. The SMILES string of the molecule is COC(=O)/C=C/c1ccc2c(c1)C(=O)CC1(CN(C(C)=O)C1)O2. The molecular weight excluding hydrogens is 298 g/mol. The number of rotatable bonds is 2. The molecule has 1 fully saturated rings. The highest BCUT2D eigenvalue weighted by Crippen LogP contribution is 2.39. The Balaban J connectivity index is 1.79. The number of carbonyl (C=O) groups is 3. The molecule has 120 valence electrons. The highest BCUT2D eigenvalue weighted by Gasteiger charge is 2.50. The molecule has 0 N–H and O–H groups in total. The van der Waals surface area contributed by atoms with Gasteiger partial charge in [0.1, 0.15) is 5.75 Å². The predicted octanol–water partition coefficient (Wildman–Crippen LogP) is 1.44. The summed E-state index contributed by atoms with van der Waals surface area (Å²) in [5, 5.41) is 0. The average molecular weight is 315 g/mol. The molecule has 2 aliphatic rings. The number of ether oxygens (including phenoxy) is 2. The Morgan fingerprint density at radius 3 is 2.74 bits per heavy atom. The summed E-state index contributed by atoms with van der Waals surface area (Å²) in [5.41, 5.74) is 0.643. The molecule has 1 aromatic rings. The van der Waals surface area contributed by atoms with Crippen molar-refractivity contribution in [3.05, 3.63) is 35.4 Å². The van der Waals surface area contributed by atoms with Gasteiger partial charge in [-0.1, -0.05) is 6.07 Å². The first kappa shape index (κ1) is 15.3. The van der Waals surface area contributed by atoms with E-state index < -0.39 is 11.6 Å². The van der Waals surface area contributed by atoms with Crippen molar-refractivity contribution in [3.8, 4) is 5.75 Å². The minimum Gasteiger partial charge on any atom is -0.482 e. The molecule has 1 saturated heterocycles. The van der Waals surface area contributed by atoms with Gasteiger partial charge in [-0.05, 0) is 23.8 Å². The molecule has 0 aliphatic carbocycles.